The van der Waals surface area contributed by atoms with Crippen molar-refractivity contribution in [3.63, 3.8) is 0 Å². The van der Waals surface area contributed by atoms with Crippen molar-refractivity contribution < 1.29 is 18.6 Å². The summed E-state index contributed by atoms with van der Waals surface area (Å²) < 4.78 is 22.3. The minimum atomic E-state index is 0.576. The van der Waals surface area contributed by atoms with Crippen molar-refractivity contribution in [1.82, 2.24) is 9.88 Å². The molecule has 2 aromatic heterocycles. The van der Waals surface area contributed by atoms with Crippen LogP contribution in [0.15, 0.2) is 52.2 Å². The van der Waals surface area contributed by atoms with Gasteiger partial charge < -0.3 is 23.5 Å². The van der Waals surface area contributed by atoms with Gasteiger partial charge in [-0.3, -0.25) is 10.3 Å². The number of anilines is 2. The lowest BCUT2D eigenvalue weighted by molar-refractivity contribution is 0.0320. The van der Waals surface area contributed by atoms with Crippen LogP contribution < -0.4 is 15.1 Å². The standard InChI is InChI=1S/C24H29N5O4/c1-2-22-20(3-9-32-22)15-19(1)18-25-27-23-16-21(29-7-12-31-13-8-29)17-24(26-23)33-14-6-28-4-10-30-11-5-28/h1-3,9,15-18H,4-8,10-14H2,(H,26,27)/b25-18+. The zero-order chi connectivity index (χ0) is 22.3. The summed E-state index contributed by atoms with van der Waals surface area (Å²) in [6, 6.07) is 11.9. The predicted octanol–water partition coefficient (Wildman–Crippen LogP) is 2.82. The monoisotopic (exact) mass is 451 g/mol. The molecule has 0 aliphatic carbocycles. The molecule has 2 saturated heterocycles. The quantitative estimate of drug-likeness (QED) is 0.414. The van der Waals surface area contributed by atoms with Gasteiger partial charge in [0.2, 0.25) is 5.88 Å². The lowest BCUT2D eigenvalue weighted by Gasteiger charge is -2.29. The number of ether oxygens (including phenoxy) is 3. The van der Waals surface area contributed by atoms with E-state index in [-0.39, 0.29) is 0 Å². The number of hydrazone groups is 1. The van der Waals surface area contributed by atoms with E-state index in [9.17, 15) is 0 Å². The van der Waals surface area contributed by atoms with Gasteiger partial charge in [-0.15, -0.1) is 0 Å². The van der Waals surface area contributed by atoms with Crippen LogP contribution in [0.4, 0.5) is 11.5 Å². The molecule has 2 fully saturated rings. The number of rotatable bonds is 8. The van der Waals surface area contributed by atoms with Crippen molar-refractivity contribution in [2.45, 2.75) is 0 Å². The van der Waals surface area contributed by atoms with Crippen molar-refractivity contribution in [1.29, 1.82) is 0 Å². The molecule has 5 rings (SSSR count). The van der Waals surface area contributed by atoms with Crippen molar-refractivity contribution in [2.75, 3.05) is 76.1 Å². The van der Waals surface area contributed by atoms with Gasteiger partial charge >= 0.3 is 0 Å². The van der Waals surface area contributed by atoms with E-state index in [1.165, 1.54) is 0 Å². The lowest BCUT2D eigenvalue weighted by Crippen LogP contribution is -2.38. The molecule has 0 radical (unpaired) electrons. The average molecular weight is 452 g/mol. The number of fused-ring (bicyclic) bond motifs is 1. The highest BCUT2D eigenvalue weighted by Gasteiger charge is 2.15. The van der Waals surface area contributed by atoms with Gasteiger partial charge in [0.15, 0.2) is 5.82 Å². The van der Waals surface area contributed by atoms with E-state index in [1.54, 1.807) is 12.5 Å². The maximum atomic E-state index is 6.03. The molecular weight excluding hydrogens is 422 g/mol. The second-order valence-corrected chi connectivity index (χ2v) is 8.04. The van der Waals surface area contributed by atoms with E-state index in [0.29, 0.717) is 31.5 Å². The fourth-order valence-corrected chi connectivity index (χ4v) is 3.97. The third-order valence-corrected chi connectivity index (χ3v) is 5.79. The molecule has 0 atom stereocenters. The molecule has 2 aliphatic rings. The number of hydrogen-bond acceptors (Lipinski definition) is 9. The highest BCUT2D eigenvalue weighted by Crippen LogP contribution is 2.25. The molecule has 0 spiro atoms. The van der Waals surface area contributed by atoms with E-state index in [2.05, 4.69) is 25.3 Å². The first-order valence-electron chi connectivity index (χ1n) is 11.4. The maximum absolute atomic E-state index is 6.03. The predicted molar refractivity (Wildman–Crippen MR) is 127 cm³/mol. The fraction of sp³-hybridized carbons (Fsp3) is 0.417. The smallest absolute Gasteiger partial charge is 0.217 e. The molecule has 1 N–H and O–H groups in total. The lowest BCUT2D eigenvalue weighted by atomic mass is 10.2. The Labute approximate surface area is 192 Å². The summed E-state index contributed by atoms with van der Waals surface area (Å²) in [5.74, 6) is 1.23. The number of benzene rings is 1. The highest BCUT2D eigenvalue weighted by atomic mass is 16.5. The molecule has 1 aromatic carbocycles. The number of nitrogens with one attached hydrogen (secondary N) is 1. The maximum Gasteiger partial charge on any atom is 0.217 e. The van der Waals surface area contributed by atoms with E-state index in [1.807, 2.05) is 36.4 Å². The Morgan fingerprint density at radius 3 is 2.67 bits per heavy atom. The van der Waals surface area contributed by atoms with Crippen LogP contribution >= 0.6 is 0 Å². The minimum Gasteiger partial charge on any atom is -0.476 e. The molecule has 0 saturated carbocycles. The van der Waals surface area contributed by atoms with E-state index < -0.39 is 0 Å². The number of pyridine rings is 1. The molecule has 9 nitrogen and oxygen atoms in total. The Kier molecular flexibility index (Phi) is 7.00. The largest absolute Gasteiger partial charge is 0.476 e. The molecule has 174 valence electrons. The van der Waals surface area contributed by atoms with E-state index in [0.717, 1.165) is 68.2 Å². The van der Waals surface area contributed by atoms with Crippen molar-refractivity contribution in [2.24, 2.45) is 5.10 Å². The Morgan fingerprint density at radius 2 is 1.82 bits per heavy atom. The Balaban J connectivity index is 1.27. The van der Waals surface area contributed by atoms with Crippen LogP contribution in [-0.2, 0) is 9.47 Å². The zero-order valence-electron chi connectivity index (χ0n) is 18.6. The van der Waals surface area contributed by atoms with Crippen molar-refractivity contribution in [3.05, 3.63) is 48.2 Å². The second kappa shape index (κ2) is 10.7. The summed E-state index contributed by atoms with van der Waals surface area (Å²) >= 11 is 0. The van der Waals surface area contributed by atoms with Crippen molar-refractivity contribution in [3.8, 4) is 5.88 Å². The summed E-state index contributed by atoms with van der Waals surface area (Å²) in [5.41, 5.74) is 5.95. The molecule has 3 aromatic rings. The van der Waals surface area contributed by atoms with Gasteiger partial charge in [-0.1, -0.05) is 0 Å². The van der Waals surface area contributed by atoms with Gasteiger partial charge in [0.05, 0.1) is 38.9 Å². The van der Waals surface area contributed by atoms with Gasteiger partial charge in [0, 0.05) is 55.9 Å². The SMILES string of the molecule is C(=N\Nc1cc(N2CCOCC2)cc(OCCN2CCOCC2)n1)/c1ccc2occc2c1. The zero-order valence-corrected chi connectivity index (χ0v) is 18.6. The Bertz CT molecular complexity index is 1070. The molecule has 2 aliphatic heterocycles. The summed E-state index contributed by atoms with van der Waals surface area (Å²) in [4.78, 5) is 9.24. The van der Waals surface area contributed by atoms with E-state index >= 15 is 0 Å². The van der Waals surface area contributed by atoms with Gasteiger partial charge in [-0.25, -0.2) is 0 Å². The number of aromatic nitrogens is 1. The summed E-state index contributed by atoms with van der Waals surface area (Å²) in [7, 11) is 0. The summed E-state index contributed by atoms with van der Waals surface area (Å²) in [6.45, 7) is 7.98. The molecule has 0 unspecified atom stereocenters. The number of nitrogens with zero attached hydrogens (tertiary/aromatic N) is 4. The molecular formula is C24H29N5O4. The third-order valence-electron chi connectivity index (χ3n) is 5.79. The fourth-order valence-electron chi connectivity index (χ4n) is 3.97. The Morgan fingerprint density at radius 1 is 1.00 bits per heavy atom. The molecule has 4 heterocycles. The average Bonchev–Trinajstić information content (AvgIpc) is 3.33. The second-order valence-electron chi connectivity index (χ2n) is 8.04. The van der Waals surface area contributed by atoms with Crippen LogP contribution in [0, 0.1) is 0 Å². The van der Waals surface area contributed by atoms with Crippen LogP contribution in [0.25, 0.3) is 11.0 Å². The first-order chi connectivity index (χ1) is 16.3. The molecule has 9 heteroatoms. The van der Waals surface area contributed by atoms with Crippen LogP contribution in [0.5, 0.6) is 5.88 Å². The highest BCUT2D eigenvalue weighted by molar-refractivity contribution is 5.88. The number of morpholine rings is 2. The van der Waals surface area contributed by atoms with Crippen LogP contribution in [0.2, 0.25) is 0 Å². The van der Waals surface area contributed by atoms with Gasteiger partial charge in [-0.05, 0) is 29.8 Å². The molecule has 0 bridgehead atoms. The Hall–Kier alpha value is -3.14. The van der Waals surface area contributed by atoms with E-state index in [4.69, 9.17) is 18.6 Å². The van der Waals surface area contributed by atoms with Gasteiger partial charge in [-0.2, -0.15) is 10.1 Å². The van der Waals surface area contributed by atoms with Crippen molar-refractivity contribution >= 4 is 28.7 Å². The minimum absolute atomic E-state index is 0.576. The van der Waals surface area contributed by atoms with Gasteiger partial charge in [0.25, 0.3) is 0 Å². The van der Waals surface area contributed by atoms with Crippen LogP contribution in [-0.4, -0.2) is 81.9 Å². The summed E-state index contributed by atoms with van der Waals surface area (Å²) in [5, 5.41) is 5.44. The first-order valence-corrected chi connectivity index (χ1v) is 11.4. The summed E-state index contributed by atoms with van der Waals surface area (Å²) in [6.07, 6.45) is 3.46. The van der Waals surface area contributed by atoms with Crippen LogP contribution in [0.3, 0.4) is 0 Å². The first kappa shape index (κ1) is 21.7. The van der Waals surface area contributed by atoms with Crippen LogP contribution in [0.1, 0.15) is 5.56 Å². The number of furan rings is 1. The number of hydrogen-bond donors (Lipinski definition) is 1. The van der Waals surface area contributed by atoms with Gasteiger partial charge in [0.1, 0.15) is 12.2 Å². The molecule has 0 amide bonds. The third kappa shape index (κ3) is 5.81. The topological polar surface area (TPSA) is 84.6 Å². The normalized spacial score (nSPS) is 17.6. The molecule has 33 heavy (non-hydrogen) atoms.